The maximum Gasteiger partial charge on any atom is 0.242 e. The monoisotopic (exact) mass is 287 g/mol. The molecule has 2 aromatic carbocycles. The first-order chi connectivity index (χ1) is 9.58. The van der Waals surface area contributed by atoms with Gasteiger partial charge in [0.2, 0.25) is 5.91 Å². The number of carbonyl (C=O) groups excluding carboxylic acids is 2. The summed E-state index contributed by atoms with van der Waals surface area (Å²) in [5.41, 5.74) is 1.83. The first-order valence-electron chi connectivity index (χ1n) is 6.22. The number of halogens is 1. The summed E-state index contributed by atoms with van der Waals surface area (Å²) in [6, 6.07) is 15.8. The third-order valence-corrected chi connectivity index (χ3v) is 3.01. The van der Waals surface area contributed by atoms with Gasteiger partial charge in [0.15, 0.2) is 5.78 Å². The number of ketones is 1. The van der Waals surface area contributed by atoms with Crippen LogP contribution in [0.5, 0.6) is 0 Å². The van der Waals surface area contributed by atoms with Gasteiger partial charge in [-0.2, -0.15) is 0 Å². The van der Waals surface area contributed by atoms with E-state index in [4.69, 9.17) is 11.6 Å². The number of anilines is 1. The summed E-state index contributed by atoms with van der Waals surface area (Å²) in [6.45, 7) is 1.60. The molecule has 1 N–H and O–H groups in total. The lowest BCUT2D eigenvalue weighted by Gasteiger charge is -2.07. The molecule has 102 valence electrons. The second-order valence-corrected chi connectivity index (χ2v) is 5.03. The van der Waals surface area contributed by atoms with Crippen LogP contribution in [-0.4, -0.2) is 17.1 Å². The van der Waals surface area contributed by atoms with Crippen LogP contribution >= 0.6 is 11.6 Å². The van der Waals surface area contributed by atoms with Crippen molar-refractivity contribution in [1.29, 1.82) is 0 Å². The van der Waals surface area contributed by atoms with Crippen LogP contribution in [-0.2, 0) is 4.79 Å². The second kappa shape index (κ2) is 6.35. The summed E-state index contributed by atoms with van der Waals surface area (Å²) < 4.78 is 0. The Hall–Kier alpha value is -2.13. The van der Waals surface area contributed by atoms with Crippen molar-refractivity contribution >= 4 is 29.0 Å². The number of benzene rings is 2. The second-order valence-electron chi connectivity index (χ2n) is 4.38. The normalized spacial score (nSPS) is 11.7. The topological polar surface area (TPSA) is 46.2 Å². The van der Waals surface area contributed by atoms with Crippen molar-refractivity contribution in [3.8, 4) is 0 Å². The molecule has 0 aliphatic carbocycles. The Balaban J connectivity index is 2.12. The summed E-state index contributed by atoms with van der Waals surface area (Å²) in [6.07, 6.45) is 0. The van der Waals surface area contributed by atoms with Gasteiger partial charge < -0.3 is 5.32 Å². The Morgan fingerprint density at radius 3 is 2.05 bits per heavy atom. The van der Waals surface area contributed by atoms with Crippen LogP contribution in [0.2, 0.25) is 0 Å². The first-order valence-corrected chi connectivity index (χ1v) is 6.66. The highest BCUT2D eigenvalue weighted by molar-refractivity contribution is 6.32. The number of alkyl halides is 1. The van der Waals surface area contributed by atoms with Crippen LogP contribution < -0.4 is 5.32 Å². The van der Waals surface area contributed by atoms with Crippen molar-refractivity contribution in [2.75, 3.05) is 5.32 Å². The molecule has 0 radical (unpaired) electrons. The summed E-state index contributed by atoms with van der Waals surface area (Å²) in [5.74, 6) is -0.317. The van der Waals surface area contributed by atoms with Crippen LogP contribution in [0.1, 0.15) is 22.8 Å². The average molecular weight is 288 g/mol. The van der Waals surface area contributed by atoms with Gasteiger partial charge in [0.25, 0.3) is 0 Å². The van der Waals surface area contributed by atoms with Gasteiger partial charge in [0.05, 0.1) is 0 Å². The van der Waals surface area contributed by atoms with Gasteiger partial charge in [-0.1, -0.05) is 30.3 Å². The maximum absolute atomic E-state index is 12.2. The quantitative estimate of drug-likeness (QED) is 0.691. The molecule has 0 spiro atoms. The van der Waals surface area contributed by atoms with E-state index in [2.05, 4.69) is 5.32 Å². The number of hydrogen-bond acceptors (Lipinski definition) is 2. The maximum atomic E-state index is 12.2. The Morgan fingerprint density at radius 2 is 1.50 bits per heavy atom. The number of nitrogens with one attached hydrogen (secondary N) is 1. The molecule has 1 atom stereocenters. The van der Waals surface area contributed by atoms with Gasteiger partial charge in [-0.05, 0) is 31.2 Å². The Kier molecular flexibility index (Phi) is 4.53. The molecule has 20 heavy (non-hydrogen) atoms. The number of amides is 1. The van der Waals surface area contributed by atoms with Gasteiger partial charge in [0, 0.05) is 16.8 Å². The first kappa shape index (κ1) is 14.3. The summed E-state index contributed by atoms with van der Waals surface area (Å²) >= 11 is 5.67. The molecule has 0 bridgehead atoms. The minimum absolute atomic E-state index is 0.0470. The highest BCUT2D eigenvalue weighted by Gasteiger charge is 2.11. The summed E-state index contributed by atoms with van der Waals surface area (Å²) in [5, 5.41) is 2.07. The number of hydrogen-bond donors (Lipinski definition) is 1. The minimum Gasteiger partial charge on any atom is -0.325 e. The summed E-state index contributed by atoms with van der Waals surface area (Å²) in [4.78, 5) is 23.6. The van der Waals surface area contributed by atoms with Crippen LogP contribution in [0.25, 0.3) is 0 Å². The van der Waals surface area contributed by atoms with Gasteiger partial charge in [0.1, 0.15) is 5.38 Å². The van der Waals surface area contributed by atoms with Gasteiger partial charge in [-0.3, -0.25) is 9.59 Å². The molecule has 1 unspecified atom stereocenters. The summed E-state index contributed by atoms with van der Waals surface area (Å²) in [7, 11) is 0. The van der Waals surface area contributed by atoms with Crippen LogP contribution in [0.15, 0.2) is 54.6 Å². The molecule has 2 aromatic rings. The molecule has 3 nitrogen and oxygen atoms in total. The van der Waals surface area contributed by atoms with Gasteiger partial charge in [-0.25, -0.2) is 0 Å². The van der Waals surface area contributed by atoms with E-state index >= 15 is 0 Å². The molecule has 0 fully saturated rings. The zero-order chi connectivity index (χ0) is 14.5. The lowest BCUT2D eigenvalue weighted by molar-refractivity contribution is -0.115. The molecular weight excluding hydrogens is 274 g/mol. The van der Waals surface area contributed by atoms with Crippen molar-refractivity contribution in [3.63, 3.8) is 0 Å². The van der Waals surface area contributed by atoms with Crippen molar-refractivity contribution in [2.24, 2.45) is 0 Å². The Morgan fingerprint density at radius 1 is 0.950 bits per heavy atom. The standard InChI is InChI=1S/C16H14ClNO2/c1-11(17)16(20)18-14-9-7-13(8-10-14)15(19)12-5-3-2-4-6-12/h2-11H,1H3,(H,18,20). The fraction of sp³-hybridized carbons (Fsp3) is 0.125. The fourth-order valence-electron chi connectivity index (χ4n) is 1.70. The van der Waals surface area contributed by atoms with E-state index in [9.17, 15) is 9.59 Å². The van der Waals surface area contributed by atoms with E-state index < -0.39 is 5.38 Å². The minimum atomic E-state index is -0.597. The van der Waals surface area contributed by atoms with Crippen molar-refractivity contribution in [1.82, 2.24) is 0 Å². The van der Waals surface area contributed by atoms with E-state index in [0.29, 0.717) is 16.8 Å². The molecule has 0 saturated carbocycles. The van der Waals surface area contributed by atoms with E-state index in [0.717, 1.165) is 0 Å². The Labute approximate surface area is 122 Å². The number of carbonyl (C=O) groups is 2. The molecule has 0 heterocycles. The fourth-order valence-corrected chi connectivity index (χ4v) is 1.76. The smallest absolute Gasteiger partial charge is 0.242 e. The van der Waals surface area contributed by atoms with Crippen molar-refractivity contribution < 1.29 is 9.59 Å². The van der Waals surface area contributed by atoms with Gasteiger partial charge >= 0.3 is 0 Å². The van der Waals surface area contributed by atoms with Gasteiger partial charge in [-0.15, -0.1) is 11.6 Å². The molecule has 0 aliphatic heterocycles. The van der Waals surface area contributed by atoms with E-state index in [1.807, 2.05) is 18.2 Å². The Bertz CT molecular complexity index is 606. The van der Waals surface area contributed by atoms with E-state index in [-0.39, 0.29) is 11.7 Å². The zero-order valence-corrected chi connectivity index (χ0v) is 11.7. The molecule has 1 amide bonds. The van der Waals surface area contributed by atoms with Crippen molar-refractivity contribution in [2.45, 2.75) is 12.3 Å². The highest BCUT2D eigenvalue weighted by atomic mass is 35.5. The predicted molar refractivity (Wildman–Crippen MR) is 80.3 cm³/mol. The highest BCUT2D eigenvalue weighted by Crippen LogP contribution is 2.14. The molecule has 0 aromatic heterocycles. The van der Waals surface area contributed by atoms with Crippen molar-refractivity contribution in [3.05, 3.63) is 65.7 Å². The molecule has 0 saturated heterocycles. The molecule has 2 rings (SSSR count). The predicted octanol–water partition coefficient (Wildman–Crippen LogP) is 3.48. The molecule has 4 heteroatoms. The largest absolute Gasteiger partial charge is 0.325 e. The third-order valence-electron chi connectivity index (χ3n) is 2.81. The van der Waals surface area contributed by atoms with Crippen LogP contribution in [0, 0.1) is 0 Å². The molecular formula is C16H14ClNO2. The lowest BCUT2D eigenvalue weighted by atomic mass is 10.0. The van der Waals surface area contributed by atoms with Crippen LogP contribution in [0.4, 0.5) is 5.69 Å². The SMILES string of the molecule is CC(Cl)C(=O)Nc1ccc(C(=O)c2ccccc2)cc1. The van der Waals surface area contributed by atoms with Crippen LogP contribution in [0.3, 0.4) is 0 Å². The zero-order valence-electron chi connectivity index (χ0n) is 11.0. The van der Waals surface area contributed by atoms with E-state index in [1.54, 1.807) is 43.3 Å². The molecule has 0 aliphatic rings. The average Bonchev–Trinajstić information content (AvgIpc) is 2.48. The van der Waals surface area contributed by atoms with E-state index in [1.165, 1.54) is 0 Å². The third kappa shape index (κ3) is 3.45. The lowest BCUT2D eigenvalue weighted by Crippen LogP contribution is -2.20. The number of rotatable bonds is 4.